The second-order valence-corrected chi connectivity index (χ2v) is 5.96. The SMILES string of the molecule is CC(Cc1ccccc1)C(=O)NCC(CCO)c1ccccc1. The normalized spacial score (nSPS) is 13.3. The minimum absolute atomic E-state index is 0.0627. The van der Waals surface area contributed by atoms with Gasteiger partial charge in [-0.15, -0.1) is 0 Å². The summed E-state index contributed by atoms with van der Waals surface area (Å²) in [6.45, 7) is 2.63. The minimum Gasteiger partial charge on any atom is -0.396 e. The number of hydrogen-bond acceptors (Lipinski definition) is 2. The van der Waals surface area contributed by atoms with Gasteiger partial charge < -0.3 is 10.4 Å². The van der Waals surface area contributed by atoms with Gasteiger partial charge in [-0.1, -0.05) is 67.6 Å². The fraction of sp³-hybridized carbons (Fsp3) is 0.350. The molecule has 0 fully saturated rings. The summed E-state index contributed by atoms with van der Waals surface area (Å²) >= 11 is 0. The van der Waals surface area contributed by atoms with E-state index in [1.165, 1.54) is 5.56 Å². The summed E-state index contributed by atoms with van der Waals surface area (Å²) in [7, 11) is 0. The van der Waals surface area contributed by atoms with E-state index in [-0.39, 0.29) is 24.3 Å². The van der Waals surface area contributed by atoms with Crippen molar-refractivity contribution in [3.8, 4) is 0 Å². The molecular formula is C20H25NO2. The van der Waals surface area contributed by atoms with Gasteiger partial charge in [0.2, 0.25) is 5.91 Å². The predicted molar refractivity (Wildman–Crippen MR) is 93.2 cm³/mol. The number of nitrogens with one attached hydrogen (secondary N) is 1. The van der Waals surface area contributed by atoms with Crippen molar-refractivity contribution in [2.24, 2.45) is 5.92 Å². The highest BCUT2D eigenvalue weighted by atomic mass is 16.3. The second kappa shape index (κ2) is 9.11. The molecular weight excluding hydrogens is 286 g/mol. The summed E-state index contributed by atoms with van der Waals surface area (Å²) in [5, 5.41) is 12.3. The average molecular weight is 311 g/mol. The van der Waals surface area contributed by atoms with Crippen molar-refractivity contribution in [2.45, 2.75) is 25.7 Å². The molecule has 3 heteroatoms. The number of carbonyl (C=O) groups is 1. The van der Waals surface area contributed by atoms with Gasteiger partial charge in [0.15, 0.2) is 0 Å². The Labute approximate surface area is 138 Å². The molecule has 23 heavy (non-hydrogen) atoms. The molecule has 0 saturated carbocycles. The quantitative estimate of drug-likeness (QED) is 0.787. The van der Waals surface area contributed by atoms with Crippen LogP contribution in [-0.4, -0.2) is 24.2 Å². The first-order chi connectivity index (χ1) is 11.2. The van der Waals surface area contributed by atoms with Crippen LogP contribution < -0.4 is 5.32 Å². The highest BCUT2D eigenvalue weighted by molar-refractivity contribution is 5.78. The molecule has 0 radical (unpaired) electrons. The van der Waals surface area contributed by atoms with E-state index >= 15 is 0 Å². The van der Waals surface area contributed by atoms with E-state index in [0.29, 0.717) is 13.0 Å². The van der Waals surface area contributed by atoms with Gasteiger partial charge in [0.25, 0.3) is 0 Å². The van der Waals surface area contributed by atoms with E-state index in [1.54, 1.807) is 0 Å². The highest BCUT2D eigenvalue weighted by Crippen LogP contribution is 2.18. The lowest BCUT2D eigenvalue weighted by Crippen LogP contribution is -2.33. The predicted octanol–water partition coefficient (Wildman–Crippen LogP) is 3.15. The third-order valence-corrected chi connectivity index (χ3v) is 4.10. The molecule has 0 saturated heterocycles. The summed E-state index contributed by atoms with van der Waals surface area (Å²) in [6.07, 6.45) is 1.39. The van der Waals surface area contributed by atoms with E-state index in [0.717, 1.165) is 12.0 Å². The smallest absolute Gasteiger partial charge is 0.223 e. The van der Waals surface area contributed by atoms with Gasteiger partial charge in [-0.25, -0.2) is 0 Å². The van der Waals surface area contributed by atoms with Crippen molar-refractivity contribution in [1.29, 1.82) is 0 Å². The van der Waals surface area contributed by atoms with Gasteiger partial charge in [-0.2, -0.15) is 0 Å². The van der Waals surface area contributed by atoms with Gasteiger partial charge >= 0.3 is 0 Å². The molecule has 0 bridgehead atoms. The van der Waals surface area contributed by atoms with Crippen LogP contribution in [0.15, 0.2) is 60.7 Å². The topological polar surface area (TPSA) is 49.3 Å². The van der Waals surface area contributed by atoms with Crippen LogP contribution in [0.4, 0.5) is 0 Å². The van der Waals surface area contributed by atoms with Gasteiger partial charge in [0.1, 0.15) is 0 Å². The fourth-order valence-electron chi connectivity index (χ4n) is 2.73. The van der Waals surface area contributed by atoms with E-state index < -0.39 is 0 Å². The molecule has 2 unspecified atom stereocenters. The Kier molecular flexibility index (Phi) is 6.82. The standard InChI is InChI=1S/C20H25NO2/c1-16(14-17-8-4-2-5-9-17)20(23)21-15-19(12-13-22)18-10-6-3-7-11-18/h2-11,16,19,22H,12-15H2,1H3,(H,21,23). The van der Waals surface area contributed by atoms with Crippen molar-refractivity contribution in [1.82, 2.24) is 5.32 Å². The maximum atomic E-state index is 12.3. The van der Waals surface area contributed by atoms with Gasteiger partial charge in [-0.05, 0) is 24.0 Å². The largest absolute Gasteiger partial charge is 0.396 e. The fourth-order valence-corrected chi connectivity index (χ4v) is 2.73. The Bertz CT molecular complexity index is 583. The van der Waals surface area contributed by atoms with Crippen LogP contribution in [0.5, 0.6) is 0 Å². The zero-order valence-electron chi connectivity index (χ0n) is 13.6. The van der Waals surface area contributed by atoms with Crippen LogP contribution in [0, 0.1) is 5.92 Å². The average Bonchev–Trinajstić information content (AvgIpc) is 2.60. The number of aliphatic hydroxyl groups excluding tert-OH is 1. The molecule has 2 aromatic carbocycles. The summed E-state index contributed by atoms with van der Waals surface area (Å²) in [4.78, 5) is 12.3. The van der Waals surface area contributed by atoms with Crippen LogP contribution in [0.3, 0.4) is 0 Å². The molecule has 0 aliphatic heterocycles. The maximum Gasteiger partial charge on any atom is 0.223 e. The number of rotatable bonds is 8. The Hall–Kier alpha value is -2.13. The molecule has 3 nitrogen and oxygen atoms in total. The minimum atomic E-state index is -0.0667. The Balaban J connectivity index is 1.88. The molecule has 0 aliphatic rings. The Morgan fingerprint density at radius 1 is 1.04 bits per heavy atom. The number of carbonyl (C=O) groups excluding carboxylic acids is 1. The molecule has 0 heterocycles. The molecule has 0 aromatic heterocycles. The summed E-state index contributed by atoms with van der Waals surface area (Å²) in [6, 6.07) is 20.1. The molecule has 1 amide bonds. The van der Waals surface area contributed by atoms with E-state index in [2.05, 4.69) is 5.32 Å². The molecule has 2 aromatic rings. The van der Waals surface area contributed by atoms with Crippen molar-refractivity contribution in [2.75, 3.05) is 13.2 Å². The molecule has 2 atom stereocenters. The van der Waals surface area contributed by atoms with Crippen molar-refractivity contribution < 1.29 is 9.90 Å². The number of hydrogen-bond donors (Lipinski definition) is 2. The Morgan fingerprint density at radius 2 is 1.65 bits per heavy atom. The lowest BCUT2D eigenvalue weighted by Gasteiger charge is -2.19. The van der Waals surface area contributed by atoms with Crippen LogP contribution in [0.2, 0.25) is 0 Å². The van der Waals surface area contributed by atoms with Crippen LogP contribution in [0.25, 0.3) is 0 Å². The first kappa shape index (κ1) is 17.2. The first-order valence-electron chi connectivity index (χ1n) is 8.18. The van der Waals surface area contributed by atoms with Crippen molar-refractivity contribution in [3.05, 3.63) is 71.8 Å². The number of benzene rings is 2. The van der Waals surface area contributed by atoms with E-state index in [1.807, 2.05) is 67.6 Å². The lowest BCUT2D eigenvalue weighted by atomic mass is 9.95. The molecule has 0 spiro atoms. The van der Waals surface area contributed by atoms with Gasteiger partial charge in [0.05, 0.1) is 0 Å². The zero-order valence-corrected chi connectivity index (χ0v) is 13.6. The number of aliphatic hydroxyl groups is 1. The van der Waals surface area contributed by atoms with E-state index in [9.17, 15) is 9.90 Å². The van der Waals surface area contributed by atoms with Crippen molar-refractivity contribution in [3.63, 3.8) is 0 Å². The maximum absolute atomic E-state index is 12.3. The van der Waals surface area contributed by atoms with Crippen molar-refractivity contribution >= 4 is 5.91 Å². The molecule has 122 valence electrons. The van der Waals surface area contributed by atoms with Crippen LogP contribution >= 0.6 is 0 Å². The third-order valence-electron chi connectivity index (χ3n) is 4.10. The Morgan fingerprint density at radius 3 is 2.26 bits per heavy atom. The highest BCUT2D eigenvalue weighted by Gasteiger charge is 2.16. The van der Waals surface area contributed by atoms with Gasteiger partial charge in [0, 0.05) is 25.0 Å². The summed E-state index contributed by atoms with van der Waals surface area (Å²) in [5.41, 5.74) is 2.32. The molecule has 0 aliphatic carbocycles. The zero-order chi connectivity index (χ0) is 16.5. The molecule has 2 rings (SSSR count). The van der Waals surface area contributed by atoms with Gasteiger partial charge in [-0.3, -0.25) is 4.79 Å². The number of amides is 1. The van der Waals surface area contributed by atoms with E-state index in [4.69, 9.17) is 0 Å². The third kappa shape index (κ3) is 5.53. The first-order valence-corrected chi connectivity index (χ1v) is 8.18. The van der Waals surface area contributed by atoms with Crippen LogP contribution in [-0.2, 0) is 11.2 Å². The summed E-state index contributed by atoms with van der Waals surface area (Å²) < 4.78 is 0. The van der Waals surface area contributed by atoms with Crippen LogP contribution in [0.1, 0.15) is 30.4 Å². The lowest BCUT2D eigenvalue weighted by molar-refractivity contribution is -0.124. The monoisotopic (exact) mass is 311 g/mol. The second-order valence-electron chi connectivity index (χ2n) is 5.96. The molecule has 2 N–H and O–H groups in total. The summed E-state index contributed by atoms with van der Waals surface area (Å²) in [5.74, 6) is 0.143.